The number of benzene rings is 1. The molecule has 0 bridgehead atoms. The Kier molecular flexibility index (Phi) is 5.01. The van der Waals surface area contributed by atoms with Crippen LogP contribution in [0.1, 0.15) is 24.0 Å². The molecule has 3 N–H and O–H groups in total. The summed E-state index contributed by atoms with van der Waals surface area (Å²) in [5.41, 5.74) is 7.06. The Morgan fingerprint density at radius 2 is 1.80 bits per heavy atom. The van der Waals surface area contributed by atoms with Gasteiger partial charge in [0.05, 0.1) is 16.1 Å². The van der Waals surface area contributed by atoms with Crippen LogP contribution < -0.4 is 5.73 Å². The molecule has 0 atom stereocenters. The Morgan fingerprint density at radius 1 is 1.08 bits per heavy atom. The van der Waals surface area contributed by atoms with Gasteiger partial charge in [0.1, 0.15) is 0 Å². The van der Waals surface area contributed by atoms with E-state index in [4.69, 9.17) is 17.3 Å². The lowest BCUT2D eigenvalue weighted by Crippen LogP contribution is -2.05. The molecule has 3 nitrogen and oxygen atoms in total. The van der Waals surface area contributed by atoms with E-state index in [0.29, 0.717) is 29.1 Å². The lowest BCUT2D eigenvalue weighted by molar-refractivity contribution is -0.136. The molecule has 132 valence electrons. The molecule has 2 aromatic heterocycles. The zero-order valence-electron chi connectivity index (χ0n) is 13.3. The second-order valence-electron chi connectivity index (χ2n) is 5.80. The average Bonchev–Trinajstić information content (AvgIpc) is 2.95. The van der Waals surface area contributed by atoms with Gasteiger partial charge in [-0.25, -0.2) is 0 Å². The number of halogens is 4. The van der Waals surface area contributed by atoms with Crippen LogP contribution in [0.25, 0.3) is 22.2 Å². The summed E-state index contributed by atoms with van der Waals surface area (Å²) < 4.78 is 40.2. The van der Waals surface area contributed by atoms with Crippen molar-refractivity contribution in [2.24, 2.45) is 5.73 Å². The number of aryl methyl sites for hydroxylation is 1. The SMILES string of the molecule is NCCCCc1c(-c2ccncc2)[nH]c2c(C(F)(F)F)ccc(Cl)c12. The summed E-state index contributed by atoms with van der Waals surface area (Å²) in [5, 5.41) is 0.739. The maximum Gasteiger partial charge on any atom is 0.418 e. The second kappa shape index (κ2) is 7.06. The molecule has 0 amide bonds. The third kappa shape index (κ3) is 3.50. The Labute approximate surface area is 148 Å². The van der Waals surface area contributed by atoms with E-state index in [2.05, 4.69) is 9.97 Å². The van der Waals surface area contributed by atoms with Crippen molar-refractivity contribution in [1.82, 2.24) is 9.97 Å². The first-order valence-electron chi connectivity index (χ1n) is 7.94. The van der Waals surface area contributed by atoms with Gasteiger partial charge in [-0.3, -0.25) is 4.98 Å². The van der Waals surface area contributed by atoms with E-state index >= 15 is 0 Å². The number of fused-ring (bicyclic) bond motifs is 1. The molecular weight excluding hydrogens is 351 g/mol. The van der Waals surface area contributed by atoms with Gasteiger partial charge < -0.3 is 10.7 Å². The van der Waals surface area contributed by atoms with Gasteiger partial charge in [-0.15, -0.1) is 0 Å². The average molecular weight is 368 g/mol. The van der Waals surface area contributed by atoms with Crippen LogP contribution >= 0.6 is 11.6 Å². The van der Waals surface area contributed by atoms with E-state index in [1.54, 1.807) is 24.5 Å². The van der Waals surface area contributed by atoms with Gasteiger partial charge >= 0.3 is 6.18 Å². The Balaban J connectivity index is 2.27. The third-order valence-electron chi connectivity index (χ3n) is 4.16. The molecule has 1 aromatic carbocycles. The summed E-state index contributed by atoms with van der Waals surface area (Å²) in [4.78, 5) is 6.93. The molecule has 25 heavy (non-hydrogen) atoms. The number of aromatic nitrogens is 2. The number of hydrogen-bond acceptors (Lipinski definition) is 2. The largest absolute Gasteiger partial charge is 0.418 e. The number of aromatic amines is 1. The molecule has 0 aliphatic carbocycles. The lowest BCUT2D eigenvalue weighted by atomic mass is 9.99. The van der Waals surface area contributed by atoms with E-state index in [0.717, 1.165) is 30.0 Å². The van der Waals surface area contributed by atoms with Gasteiger partial charge in [0.2, 0.25) is 0 Å². The van der Waals surface area contributed by atoms with Gasteiger partial charge in [0.15, 0.2) is 0 Å². The number of H-pyrrole nitrogens is 1. The summed E-state index contributed by atoms with van der Waals surface area (Å²) in [5.74, 6) is 0. The molecule has 0 aliphatic heterocycles. The number of unbranched alkanes of at least 4 members (excludes halogenated alkanes) is 1. The van der Waals surface area contributed by atoms with E-state index in [9.17, 15) is 13.2 Å². The lowest BCUT2D eigenvalue weighted by Gasteiger charge is -2.09. The summed E-state index contributed by atoms with van der Waals surface area (Å²) in [7, 11) is 0. The first-order chi connectivity index (χ1) is 11.9. The molecule has 0 radical (unpaired) electrons. The van der Waals surface area contributed by atoms with Crippen molar-refractivity contribution in [2.45, 2.75) is 25.4 Å². The Bertz CT molecular complexity index is 873. The monoisotopic (exact) mass is 367 g/mol. The minimum Gasteiger partial charge on any atom is -0.354 e. The third-order valence-corrected chi connectivity index (χ3v) is 4.48. The normalized spacial score (nSPS) is 12.0. The molecule has 0 saturated carbocycles. The highest BCUT2D eigenvalue weighted by atomic mass is 35.5. The van der Waals surface area contributed by atoms with Crippen molar-refractivity contribution in [1.29, 1.82) is 0 Å². The van der Waals surface area contributed by atoms with Crippen LogP contribution in [-0.4, -0.2) is 16.5 Å². The zero-order chi connectivity index (χ0) is 18.0. The van der Waals surface area contributed by atoms with Crippen molar-refractivity contribution < 1.29 is 13.2 Å². The number of rotatable bonds is 5. The van der Waals surface area contributed by atoms with Crippen LogP contribution in [-0.2, 0) is 12.6 Å². The van der Waals surface area contributed by atoms with Crippen molar-refractivity contribution in [3.05, 3.63) is 52.8 Å². The molecule has 3 aromatic rings. The molecule has 3 rings (SSSR count). The topological polar surface area (TPSA) is 54.7 Å². The highest BCUT2D eigenvalue weighted by Gasteiger charge is 2.34. The first kappa shape index (κ1) is 17.8. The molecule has 0 spiro atoms. The highest BCUT2D eigenvalue weighted by Crippen LogP contribution is 2.42. The summed E-state index contributed by atoms with van der Waals surface area (Å²) in [6.45, 7) is 0.536. The van der Waals surface area contributed by atoms with Gasteiger partial charge in [-0.05, 0) is 55.6 Å². The van der Waals surface area contributed by atoms with Crippen molar-refractivity contribution >= 4 is 22.5 Å². The quantitative estimate of drug-likeness (QED) is 0.610. The van der Waals surface area contributed by atoms with Crippen molar-refractivity contribution in [3.63, 3.8) is 0 Å². The Hall–Kier alpha value is -2.05. The second-order valence-corrected chi connectivity index (χ2v) is 6.21. The van der Waals surface area contributed by atoms with E-state index < -0.39 is 11.7 Å². The Morgan fingerprint density at radius 3 is 2.44 bits per heavy atom. The maximum atomic E-state index is 13.4. The van der Waals surface area contributed by atoms with Crippen LogP contribution in [0.15, 0.2) is 36.7 Å². The van der Waals surface area contributed by atoms with Crippen molar-refractivity contribution in [2.75, 3.05) is 6.54 Å². The van der Waals surface area contributed by atoms with Gasteiger partial charge in [-0.1, -0.05) is 11.6 Å². The predicted octanol–water partition coefficient (Wildman–Crippen LogP) is 5.18. The zero-order valence-corrected chi connectivity index (χ0v) is 14.1. The number of pyridine rings is 1. The maximum absolute atomic E-state index is 13.4. The summed E-state index contributed by atoms with van der Waals surface area (Å²) >= 11 is 6.27. The molecule has 2 heterocycles. The molecule has 0 aliphatic rings. The summed E-state index contributed by atoms with van der Waals surface area (Å²) in [6, 6.07) is 5.85. The van der Waals surface area contributed by atoms with Crippen molar-refractivity contribution in [3.8, 4) is 11.3 Å². The smallest absolute Gasteiger partial charge is 0.354 e. The minimum absolute atomic E-state index is 0.0227. The highest BCUT2D eigenvalue weighted by molar-refractivity contribution is 6.36. The number of hydrogen-bond donors (Lipinski definition) is 2. The number of nitrogens with zero attached hydrogens (tertiary/aromatic N) is 1. The van der Waals surface area contributed by atoms with E-state index in [1.165, 1.54) is 6.07 Å². The molecule has 0 saturated heterocycles. The van der Waals surface area contributed by atoms with E-state index in [-0.39, 0.29) is 5.52 Å². The van der Waals surface area contributed by atoms with Crippen LogP contribution in [0.5, 0.6) is 0 Å². The van der Waals surface area contributed by atoms with Crippen LogP contribution in [0, 0.1) is 0 Å². The number of alkyl halides is 3. The summed E-state index contributed by atoms with van der Waals surface area (Å²) in [6.07, 6.45) is 0.911. The van der Waals surface area contributed by atoms with Gasteiger partial charge in [-0.2, -0.15) is 13.2 Å². The predicted molar refractivity (Wildman–Crippen MR) is 93.5 cm³/mol. The fourth-order valence-corrected chi connectivity index (χ4v) is 3.30. The molecular formula is C18H17ClF3N3. The fourth-order valence-electron chi connectivity index (χ4n) is 3.02. The van der Waals surface area contributed by atoms with Crippen LogP contribution in [0.2, 0.25) is 5.02 Å². The van der Waals surface area contributed by atoms with Crippen LogP contribution in [0.4, 0.5) is 13.2 Å². The molecule has 0 unspecified atom stereocenters. The van der Waals surface area contributed by atoms with Crippen LogP contribution in [0.3, 0.4) is 0 Å². The van der Waals surface area contributed by atoms with Gasteiger partial charge in [0, 0.05) is 29.0 Å². The first-order valence-corrected chi connectivity index (χ1v) is 8.32. The van der Waals surface area contributed by atoms with E-state index in [1.807, 2.05) is 0 Å². The molecule has 7 heteroatoms. The fraction of sp³-hybridized carbons (Fsp3) is 0.278. The molecule has 0 fully saturated rings. The number of nitrogens with two attached hydrogens (primary N) is 1. The standard InChI is InChI=1S/C18H17ClF3N3/c19-14-5-4-13(18(20,21)22)17-15(14)12(3-1-2-8-23)16(25-17)11-6-9-24-10-7-11/h4-7,9-10,25H,1-3,8,23H2. The minimum atomic E-state index is -4.46. The van der Waals surface area contributed by atoms with Gasteiger partial charge in [0.25, 0.3) is 0 Å². The number of nitrogens with one attached hydrogen (secondary N) is 1.